The molecular formula is C16H17ClN2O2. The highest BCUT2D eigenvalue weighted by Gasteiger charge is 2.02. The minimum atomic E-state index is 0.118. The van der Waals surface area contributed by atoms with Crippen LogP contribution in [0.1, 0.15) is 18.1 Å². The molecule has 0 saturated heterocycles. The number of hydrogen-bond acceptors (Lipinski definition) is 4. The fourth-order valence-electron chi connectivity index (χ4n) is 1.73. The monoisotopic (exact) mass is 304 g/mol. The largest absolute Gasteiger partial charge is 0.504 e. The van der Waals surface area contributed by atoms with Gasteiger partial charge < -0.3 is 9.84 Å². The highest BCUT2D eigenvalue weighted by Crippen LogP contribution is 2.26. The average Bonchev–Trinajstić information content (AvgIpc) is 2.46. The van der Waals surface area contributed by atoms with Crippen molar-refractivity contribution in [1.29, 1.82) is 0 Å². The second-order valence-corrected chi connectivity index (χ2v) is 4.90. The van der Waals surface area contributed by atoms with Gasteiger partial charge in [0.1, 0.15) is 0 Å². The van der Waals surface area contributed by atoms with E-state index in [-0.39, 0.29) is 5.75 Å². The third-order valence-corrected chi connectivity index (χ3v) is 3.27. The Morgan fingerprint density at radius 1 is 1.29 bits per heavy atom. The van der Waals surface area contributed by atoms with Gasteiger partial charge in [0.25, 0.3) is 0 Å². The number of nitrogens with one attached hydrogen (secondary N) is 1. The molecular weight excluding hydrogens is 288 g/mol. The molecule has 0 radical (unpaired) electrons. The van der Waals surface area contributed by atoms with Crippen molar-refractivity contribution >= 4 is 23.5 Å². The zero-order valence-corrected chi connectivity index (χ0v) is 12.7. The van der Waals surface area contributed by atoms with Gasteiger partial charge in [-0.1, -0.05) is 17.7 Å². The van der Waals surface area contributed by atoms with E-state index >= 15 is 0 Å². The minimum Gasteiger partial charge on any atom is -0.504 e. The van der Waals surface area contributed by atoms with Gasteiger partial charge in [0.05, 0.1) is 18.5 Å². The summed E-state index contributed by atoms with van der Waals surface area (Å²) in [5.74, 6) is 0.562. The Morgan fingerprint density at radius 2 is 2.10 bits per heavy atom. The van der Waals surface area contributed by atoms with Crippen LogP contribution < -0.4 is 10.2 Å². The molecule has 5 heteroatoms. The lowest BCUT2D eigenvalue weighted by Crippen LogP contribution is -1.94. The van der Waals surface area contributed by atoms with Gasteiger partial charge in [-0.25, -0.2) is 0 Å². The minimum absolute atomic E-state index is 0.118. The van der Waals surface area contributed by atoms with Crippen molar-refractivity contribution in [3.05, 3.63) is 52.5 Å². The van der Waals surface area contributed by atoms with Crippen molar-refractivity contribution in [3.63, 3.8) is 0 Å². The molecule has 2 aromatic rings. The van der Waals surface area contributed by atoms with Gasteiger partial charge in [-0.2, -0.15) is 5.10 Å². The summed E-state index contributed by atoms with van der Waals surface area (Å²) in [6.07, 6.45) is 1.65. The Balaban J connectivity index is 2.07. The third kappa shape index (κ3) is 4.13. The molecule has 0 unspecified atom stereocenters. The number of anilines is 1. The maximum atomic E-state index is 9.63. The smallest absolute Gasteiger partial charge is 0.161 e. The van der Waals surface area contributed by atoms with Crippen LogP contribution in [0, 0.1) is 6.92 Å². The van der Waals surface area contributed by atoms with Crippen molar-refractivity contribution < 1.29 is 9.84 Å². The highest BCUT2D eigenvalue weighted by molar-refractivity contribution is 6.31. The predicted octanol–water partition coefficient (Wildman–Crippen LogP) is 4.20. The van der Waals surface area contributed by atoms with E-state index in [0.29, 0.717) is 17.4 Å². The van der Waals surface area contributed by atoms with Crippen LogP contribution in [0.5, 0.6) is 11.5 Å². The molecule has 4 nitrogen and oxygen atoms in total. The van der Waals surface area contributed by atoms with Gasteiger partial charge in [-0.15, -0.1) is 0 Å². The predicted molar refractivity (Wildman–Crippen MR) is 86.7 cm³/mol. The number of phenolic OH excluding ortho intramolecular Hbond substituents is 1. The summed E-state index contributed by atoms with van der Waals surface area (Å²) in [6.45, 7) is 4.30. The molecule has 2 aromatic carbocycles. The van der Waals surface area contributed by atoms with Crippen LogP contribution in [-0.2, 0) is 0 Å². The molecule has 21 heavy (non-hydrogen) atoms. The van der Waals surface area contributed by atoms with E-state index in [1.54, 1.807) is 24.4 Å². The molecule has 0 spiro atoms. The van der Waals surface area contributed by atoms with Crippen LogP contribution >= 0.6 is 11.6 Å². The van der Waals surface area contributed by atoms with Crippen molar-refractivity contribution in [1.82, 2.24) is 0 Å². The van der Waals surface area contributed by atoms with E-state index in [1.165, 1.54) is 0 Å². The topological polar surface area (TPSA) is 53.8 Å². The molecule has 0 saturated carbocycles. The lowest BCUT2D eigenvalue weighted by atomic mass is 10.2. The number of nitrogens with zero attached hydrogens (tertiary/aromatic N) is 1. The van der Waals surface area contributed by atoms with Crippen LogP contribution in [0.25, 0.3) is 0 Å². The second kappa shape index (κ2) is 6.99. The van der Waals surface area contributed by atoms with Gasteiger partial charge in [-0.05, 0) is 55.3 Å². The highest BCUT2D eigenvalue weighted by atomic mass is 35.5. The lowest BCUT2D eigenvalue weighted by molar-refractivity contribution is 0.318. The molecule has 0 aromatic heterocycles. The summed E-state index contributed by atoms with van der Waals surface area (Å²) in [6, 6.07) is 10.7. The molecule has 0 aliphatic heterocycles. The molecule has 0 fully saturated rings. The fraction of sp³-hybridized carbons (Fsp3) is 0.188. The molecule has 0 aliphatic carbocycles. The van der Waals surface area contributed by atoms with Gasteiger partial charge in [0.15, 0.2) is 11.5 Å². The second-order valence-electron chi connectivity index (χ2n) is 4.49. The van der Waals surface area contributed by atoms with Crippen LogP contribution in [0.4, 0.5) is 5.69 Å². The van der Waals surface area contributed by atoms with Gasteiger partial charge >= 0.3 is 0 Å². The molecule has 0 aliphatic rings. The van der Waals surface area contributed by atoms with Crippen molar-refractivity contribution in [2.24, 2.45) is 5.10 Å². The summed E-state index contributed by atoms with van der Waals surface area (Å²) in [7, 11) is 0. The first-order chi connectivity index (χ1) is 10.1. The third-order valence-electron chi connectivity index (χ3n) is 2.86. The Hall–Kier alpha value is -2.20. The number of rotatable bonds is 5. The zero-order valence-electron chi connectivity index (χ0n) is 11.9. The number of aryl methyl sites for hydroxylation is 1. The van der Waals surface area contributed by atoms with Gasteiger partial charge in [0.2, 0.25) is 0 Å². The number of halogens is 1. The Morgan fingerprint density at radius 3 is 2.81 bits per heavy atom. The molecule has 2 N–H and O–H groups in total. The number of phenols is 1. The number of aromatic hydroxyl groups is 1. The molecule has 2 rings (SSSR count). The quantitative estimate of drug-likeness (QED) is 0.643. The SMILES string of the molecule is CCOc1cc(C=NNc2ccc(C)c(Cl)c2)ccc1O. The van der Waals surface area contributed by atoms with E-state index < -0.39 is 0 Å². The Bertz CT molecular complexity index is 657. The van der Waals surface area contributed by atoms with Crippen LogP contribution in [0.2, 0.25) is 5.02 Å². The first-order valence-electron chi connectivity index (χ1n) is 6.61. The van der Waals surface area contributed by atoms with Crippen LogP contribution in [0.3, 0.4) is 0 Å². The van der Waals surface area contributed by atoms with E-state index in [0.717, 1.165) is 16.8 Å². The number of benzene rings is 2. The van der Waals surface area contributed by atoms with Crippen molar-refractivity contribution in [3.8, 4) is 11.5 Å². The fourth-order valence-corrected chi connectivity index (χ4v) is 1.91. The first-order valence-corrected chi connectivity index (χ1v) is 6.99. The van der Waals surface area contributed by atoms with E-state index in [2.05, 4.69) is 10.5 Å². The number of hydrogen-bond donors (Lipinski definition) is 2. The summed E-state index contributed by atoms with van der Waals surface area (Å²) in [4.78, 5) is 0. The van der Waals surface area contributed by atoms with Crippen LogP contribution in [0.15, 0.2) is 41.5 Å². The molecule has 0 heterocycles. The molecule has 0 amide bonds. The van der Waals surface area contributed by atoms with E-state index in [4.69, 9.17) is 16.3 Å². The molecule has 0 atom stereocenters. The van der Waals surface area contributed by atoms with E-state index in [9.17, 15) is 5.11 Å². The first kappa shape index (κ1) is 15.2. The van der Waals surface area contributed by atoms with Gasteiger partial charge in [-0.3, -0.25) is 5.43 Å². The zero-order chi connectivity index (χ0) is 15.2. The summed E-state index contributed by atoms with van der Waals surface area (Å²) >= 11 is 6.05. The van der Waals surface area contributed by atoms with Crippen molar-refractivity contribution in [2.75, 3.05) is 12.0 Å². The maximum absolute atomic E-state index is 9.63. The Labute approximate surface area is 129 Å². The maximum Gasteiger partial charge on any atom is 0.161 e. The molecule has 0 bridgehead atoms. The Kier molecular flexibility index (Phi) is 5.06. The summed E-state index contributed by atoms with van der Waals surface area (Å²) in [5.41, 5.74) is 5.56. The average molecular weight is 305 g/mol. The normalized spacial score (nSPS) is 10.8. The van der Waals surface area contributed by atoms with Crippen LogP contribution in [-0.4, -0.2) is 17.9 Å². The lowest BCUT2D eigenvalue weighted by Gasteiger charge is -2.06. The van der Waals surface area contributed by atoms with E-state index in [1.807, 2.05) is 32.0 Å². The van der Waals surface area contributed by atoms with Crippen molar-refractivity contribution in [2.45, 2.75) is 13.8 Å². The van der Waals surface area contributed by atoms with Gasteiger partial charge in [0, 0.05) is 5.02 Å². The molecule has 110 valence electrons. The number of ether oxygens (including phenoxy) is 1. The summed E-state index contributed by atoms with van der Waals surface area (Å²) in [5, 5.41) is 14.5. The number of hydrazone groups is 1. The standard InChI is InChI=1S/C16H17ClN2O2/c1-3-21-16-8-12(5-7-15(16)20)10-18-19-13-6-4-11(2)14(17)9-13/h4-10,19-20H,3H2,1-2H3. The summed E-state index contributed by atoms with van der Waals surface area (Å²) < 4.78 is 5.32.